The van der Waals surface area contributed by atoms with Crippen molar-refractivity contribution in [2.45, 2.75) is 19.9 Å². The highest BCUT2D eigenvalue weighted by atomic mass is 35.5. The fourth-order valence-corrected chi connectivity index (χ4v) is 3.31. The summed E-state index contributed by atoms with van der Waals surface area (Å²) in [5.74, 6) is -0.185. The average Bonchev–Trinajstić information content (AvgIpc) is 3.14. The SMILES string of the molecule is Cc1nc2c(cnn2-c2ccc(F)cc2)c(=O)n1CCC(=O)Nc1ccccc1Cl. The van der Waals surface area contributed by atoms with Gasteiger partial charge in [-0.25, -0.2) is 14.1 Å². The van der Waals surface area contributed by atoms with E-state index >= 15 is 0 Å². The summed E-state index contributed by atoms with van der Waals surface area (Å²) in [6.07, 6.45) is 1.50. The smallest absolute Gasteiger partial charge is 0.264 e. The summed E-state index contributed by atoms with van der Waals surface area (Å²) >= 11 is 6.05. The van der Waals surface area contributed by atoms with Crippen molar-refractivity contribution in [2.75, 3.05) is 5.32 Å². The number of para-hydroxylation sites is 1. The standard InChI is InChI=1S/C21H17ClFN5O2/c1-13-25-20-16(12-24-28(20)15-8-6-14(23)7-9-15)21(30)27(13)11-10-19(29)26-18-5-3-2-4-17(18)22/h2-9,12H,10-11H2,1H3,(H,26,29). The Hall–Kier alpha value is -3.52. The van der Waals surface area contributed by atoms with Gasteiger partial charge in [0.15, 0.2) is 5.65 Å². The van der Waals surface area contributed by atoms with Crippen LogP contribution in [0.4, 0.5) is 10.1 Å². The summed E-state index contributed by atoms with van der Waals surface area (Å²) in [4.78, 5) is 29.7. The quantitative estimate of drug-likeness (QED) is 0.528. The molecule has 0 aliphatic carbocycles. The van der Waals surface area contributed by atoms with Crippen molar-refractivity contribution in [3.05, 3.63) is 81.7 Å². The molecule has 4 aromatic rings. The van der Waals surface area contributed by atoms with Crippen LogP contribution in [0.1, 0.15) is 12.2 Å². The second kappa shape index (κ2) is 8.08. The van der Waals surface area contributed by atoms with Crippen LogP contribution in [0.5, 0.6) is 0 Å². The van der Waals surface area contributed by atoms with Crippen molar-refractivity contribution in [1.82, 2.24) is 19.3 Å². The lowest BCUT2D eigenvalue weighted by Gasteiger charge is -2.11. The first-order valence-electron chi connectivity index (χ1n) is 9.19. The minimum atomic E-state index is -0.364. The molecule has 0 fully saturated rings. The van der Waals surface area contributed by atoms with Gasteiger partial charge in [0.2, 0.25) is 5.91 Å². The number of nitrogens with one attached hydrogen (secondary N) is 1. The first-order valence-corrected chi connectivity index (χ1v) is 9.57. The first-order chi connectivity index (χ1) is 14.4. The summed E-state index contributed by atoms with van der Waals surface area (Å²) in [5.41, 5.74) is 1.19. The van der Waals surface area contributed by atoms with Crippen LogP contribution in [0, 0.1) is 12.7 Å². The molecule has 0 aliphatic rings. The van der Waals surface area contributed by atoms with Crippen molar-refractivity contribution >= 4 is 34.2 Å². The molecule has 0 unspecified atom stereocenters. The molecule has 152 valence electrons. The second-order valence-corrected chi connectivity index (χ2v) is 7.07. The number of anilines is 1. The van der Waals surface area contributed by atoms with Gasteiger partial charge in [-0.3, -0.25) is 14.2 Å². The molecule has 0 saturated heterocycles. The molecule has 2 aromatic heterocycles. The summed E-state index contributed by atoms with van der Waals surface area (Å²) in [6, 6.07) is 12.7. The second-order valence-electron chi connectivity index (χ2n) is 6.66. The van der Waals surface area contributed by atoms with Gasteiger partial charge in [0.25, 0.3) is 5.56 Å². The minimum absolute atomic E-state index is 0.0747. The molecular weight excluding hydrogens is 409 g/mol. The molecule has 0 aliphatic heterocycles. The predicted molar refractivity (Wildman–Crippen MR) is 113 cm³/mol. The van der Waals surface area contributed by atoms with E-state index in [-0.39, 0.29) is 30.2 Å². The number of aromatic nitrogens is 4. The van der Waals surface area contributed by atoms with E-state index in [1.165, 1.54) is 27.6 Å². The largest absolute Gasteiger partial charge is 0.325 e. The zero-order chi connectivity index (χ0) is 21.3. The maximum absolute atomic E-state index is 13.2. The number of carbonyl (C=O) groups excluding carboxylic acids is 1. The Morgan fingerprint density at radius 3 is 2.63 bits per heavy atom. The van der Waals surface area contributed by atoms with Crippen LogP contribution >= 0.6 is 11.6 Å². The number of benzene rings is 2. The summed E-state index contributed by atoms with van der Waals surface area (Å²) in [5, 5.41) is 7.71. The number of halogens is 2. The molecule has 30 heavy (non-hydrogen) atoms. The average molecular weight is 426 g/mol. The van der Waals surface area contributed by atoms with Crippen molar-refractivity contribution in [2.24, 2.45) is 0 Å². The highest BCUT2D eigenvalue weighted by molar-refractivity contribution is 6.33. The highest BCUT2D eigenvalue weighted by Crippen LogP contribution is 2.20. The van der Waals surface area contributed by atoms with Gasteiger partial charge < -0.3 is 5.32 Å². The van der Waals surface area contributed by atoms with Crippen LogP contribution in [0.2, 0.25) is 5.02 Å². The number of carbonyl (C=O) groups is 1. The van der Waals surface area contributed by atoms with E-state index < -0.39 is 0 Å². The monoisotopic (exact) mass is 425 g/mol. The van der Waals surface area contributed by atoms with E-state index in [0.29, 0.717) is 33.3 Å². The van der Waals surface area contributed by atoms with E-state index in [4.69, 9.17) is 11.6 Å². The van der Waals surface area contributed by atoms with E-state index in [2.05, 4.69) is 15.4 Å². The Balaban J connectivity index is 1.58. The van der Waals surface area contributed by atoms with E-state index in [1.807, 2.05) is 0 Å². The number of fused-ring (bicyclic) bond motifs is 1. The van der Waals surface area contributed by atoms with Crippen molar-refractivity contribution in [3.63, 3.8) is 0 Å². The summed E-state index contributed by atoms with van der Waals surface area (Å²) in [6.45, 7) is 1.85. The van der Waals surface area contributed by atoms with Gasteiger partial charge in [0, 0.05) is 13.0 Å². The van der Waals surface area contributed by atoms with Gasteiger partial charge in [-0.15, -0.1) is 0 Å². The number of nitrogens with zero attached hydrogens (tertiary/aromatic N) is 4. The number of aryl methyl sites for hydroxylation is 1. The van der Waals surface area contributed by atoms with Gasteiger partial charge in [0.05, 0.1) is 22.6 Å². The van der Waals surface area contributed by atoms with Crippen molar-refractivity contribution < 1.29 is 9.18 Å². The lowest BCUT2D eigenvalue weighted by atomic mass is 10.3. The van der Waals surface area contributed by atoms with Gasteiger partial charge in [-0.05, 0) is 43.3 Å². The summed E-state index contributed by atoms with van der Waals surface area (Å²) in [7, 11) is 0. The van der Waals surface area contributed by atoms with E-state index in [1.54, 1.807) is 43.3 Å². The Morgan fingerprint density at radius 2 is 1.90 bits per heavy atom. The highest BCUT2D eigenvalue weighted by Gasteiger charge is 2.15. The Morgan fingerprint density at radius 1 is 1.17 bits per heavy atom. The predicted octanol–water partition coefficient (Wildman–Crippen LogP) is 3.71. The van der Waals surface area contributed by atoms with Crippen molar-refractivity contribution in [3.8, 4) is 5.69 Å². The third-order valence-electron chi connectivity index (χ3n) is 4.66. The molecule has 0 radical (unpaired) electrons. The number of rotatable bonds is 5. The van der Waals surface area contributed by atoms with Crippen LogP contribution < -0.4 is 10.9 Å². The van der Waals surface area contributed by atoms with E-state index in [0.717, 1.165) is 0 Å². The third kappa shape index (κ3) is 3.81. The van der Waals surface area contributed by atoms with Crippen LogP contribution in [0.3, 0.4) is 0 Å². The normalized spacial score (nSPS) is 11.0. The van der Waals surface area contributed by atoms with Crippen molar-refractivity contribution in [1.29, 1.82) is 0 Å². The van der Waals surface area contributed by atoms with E-state index in [9.17, 15) is 14.0 Å². The topological polar surface area (TPSA) is 81.8 Å². The fourth-order valence-electron chi connectivity index (χ4n) is 3.13. The molecule has 4 rings (SSSR count). The molecule has 2 aromatic carbocycles. The zero-order valence-electron chi connectivity index (χ0n) is 16.0. The van der Waals surface area contributed by atoms with Crippen LogP contribution in [-0.2, 0) is 11.3 Å². The first kappa shape index (κ1) is 19.8. The van der Waals surface area contributed by atoms with Gasteiger partial charge in [-0.2, -0.15) is 5.10 Å². The molecule has 1 N–H and O–H groups in total. The number of hydrogen-bond donors (Lipinski definition) is 1. The molecular formula is C21H17ClFN5O2. The Bertz CT molecular complexity index is 1300. The lowest BCUT2D eigenvalue weighted by Crippen LogP contribution is -2.26. The van der Waals surface area contributed by atoms with Gasteiger partial charge in [-0.1, -0.05) is 23.7 Å². The van der Waals surface area contributed by atoms with Gasteiger partial charge >= 0.3 is 0 Å². The zero-order valence-corrected chi connectivity index (χ0v) is 16.7. The Labute approximate surface area is 175 Å². The third-order valence-corrected chi connectivity index (χ3v) is 4.99. The molecule has 7 nitrogen and oxygen atoms in total. The van der Waals surface area contributed by atoms with Crippen LogP contribution in [-0.4, -0.2) is 25.2 Å². The van der Waals surface area contributed by atoms with Crippen LogP contribution in [0.15, 0.2) is 59.5 Å². The van der Waals surface area contributed by atoms with Gasteiger partial charge in [0.1, 0.15) is 17.0 Å². The van der Waals surface area contributed by atoms with Crippen LogP contribution in [0.25, 0.3) is 16.7 Å². The number of hydrogen-bond acceptors (Lipinski definition) is 4. The molecule has 0 atom stereocenters. The maximum Gasteiger partial charge on any atom is 0.264 e. The number of amides is 1. The fraction of sp³-hybridized carbons (Fsp3) is 0.143. The molecule has 0 bridgehead atoms. The molecule has 9 heteroatoms. The lowest BCUT2D eigenvalue weighted by molar-refractivity contribution is -0.116. The molecule has 0 spiro atoms. The molecule has 1 amide bonds. The molecule has 2 heterocycles. The Kier molecular flexibility index (Phi) is 5.33. The molecule has 0 saturated carbocycles. The minimum Gasteiger partial charge on any atom is -0.325 e. The summed E-state index contributed by atoms with van der Waals surface area (Å²) < 4.78 is 16.1. The maximum atomic E-state index is 13.2.